The maximum atomic E-state index is 13.2. The first kappa shape index (κ1) is 20.1. The van der Waals surface area contributed by atoms with Crippen molar-refractivity contribution in [2.45, 2.75) is 26.2 Å². The molecule has 1 aromatic heterocycles. The Kier molecular flexibility index (Phi) is 5.60. The normalized spacial score (nSPS) is 11.7. The van der Waals surface area contributed by atoms with E-state index in [0.717, 1.165) is 19.1 Å². The molecule has 144 valence electrons. The maximum absolute atomic E-state index is 13.2. The Hall–Kier alpha value is -2.61. The van der Waals surface area contributed by atoms with Crippen LogP contribution in [0.2, 0.25) is 0 Å². The maximum Gasteiger partial charge on any atom is 0.251 e. The van der Waals surface area contributed by atoms with Gasteiger partial charge < -0.3 is 8.63 Å². The van der Waals surface area contributed by atoms with Crippen LogP contribution in [0.25, 0.3) is 11.0 Å². The number of carbonyl (C=O) groups is 1. The Morgan fingerprint density at radius 1 is 1.18 bits per heavy atom. The third-order valence-corrected chi connectivity index (χ3v) is 5.37. The lowest BCUT2D eigenvalue weighted by Crippen LogP contribution is -2.26. The van der Waals surface area contributed by atoms with E-state index in [4.69, 9.17) is 12.4 Å². The molecule has 2 aromatic carbocycles. The summed E-state index contributed by atoms with van der Waals surface area (Å²) in [5.41, 5.74) is 1.34. The van der Waals surface area contributed by atoms with Crippen molar-refractivity contribution in [2.75, 3.05) is 10.5 Å². The molecule has 0 atom stereocenters. The highest BCUT2D eigenvalue weighted by Crippen LogP contribution is 2.32. The van der Waals surface area contributed by atoms with Crippen LogP contribution in [0, 0.1) is 5.82 Å². The summed E-state index contributed by atoms with van der Waals surface area (Å²) in [6, 6.07) is 9.89. The van der Waals surface area contributed by atoms with Crippen LogP contribution < -0.4 is 4.22 Å². The van der Waals surface area contributed by atoms with Crippen LogP contribution in [0.5, 0.6) is 0 Å². The lowest BCUT2D eigenvalue weighted by atomic mass is 9.98. The van der Waals surface area contributed by atoms with Gasteiger partial charge in [0.15, 0.2) is 5.78 Å². The predicted octanol–water partition coefficient (Wildman–Crippen LogP) is 4.00. The molecular weight excluding hydrogens is 380 g/mol. The summed E-state index contributed by atoms with van der Waals surface area (Å²) in [4.78, 5) is 13.1. The minimum absolute atomic E-state index is 0.214. The fourth-order valence-electron chi connectivity index (χ4n) is 2.97. The number of anilines is 1. The number of hydrogen-bond donors (Lipinski definition) is 0. The lowest BCUT2D eigenvalue weighted by molar-refractivity contribution is 0.103. The van der Waals surface area contributed by atoms with E-state index in [1.54, 1.807) is 6.07 Å². The number of benzene rings is 2. The average Bonchev–Trinajstić information content (AvgIpc) is 3.02. The average molecular weight is 399 g/mol. The van der Waals surface area contributed by atoms with E-state index in [2.05, 4.69) is 0 Å². The van der Waals surface area contributed by atoms with Crippen molar-refractivity contribution in [3.63, 3.8) is 0 Å². The molecule has 0 aliphatic heterocycles. The molecule has 3 aromatic rings. The molecule has 0 fully saturated rings. The monoisotopic (exact) mass is 399 g/mol. The molecule has 0 bridgehead atoms. The molecule has 8 heteroatoms. The summed E-state index contributed by atoms with van der Waals surface area (Å²) in [7, 11) is 2.02. The Bertz CT molecular complexity index is 1120. The number of hydrogen-bond acceptors (Lipinski definition) is 4. The van der Waals surface area contributed by atoms with E-state index in [0.29, 0.717) is 38.5 Å². The van der Waals surface area contributed by atoms with Crippen LogP contribution >= 0.6 is 0 Å². The second-order valence-electron chi connectivity index (χ2n) is 6.58. The molecular formula is C20H19BFNO4S. The predicted molar refractivity (Wildman–Crippen MR) is 108 cm³/mol. The second-order valence-corrected chi connectivity index (χ2v) is 8.44. The third-order valence-electron chi connectivity index (χ3n) is 4.45. The number of carbonyl (C=O) groups excluding carboxylic acids is 1. The van der Waals surface area contributed by atoms with Crippen molar-refractivity contribution in [1.82, 2.24) is 0 Å². The Morgan fingerprint density at radius 3 is 2.46 bits per heavy atom. The molecule has 0 unspecified atom stereocenters. The highest BCUT2D eigenvalue weighted by Gasteiger charge is 2.23. The molecule has 28 heavy (non-hydrogen) atoms. The van der Waals surface area contributed by atoms with Gasteiger partial charge in [-0.2, -0.15) is 0 Å². The van der Waals surface area contributed by atoms with Gasteiger partial charge in [0.25, 0.3) is 7.98 Å². The number of unbranched alkanes of at least 4 members (excludes halogenated alkanes) is 1. The van der Waals surface area contributed by atoms with Gasteiger partial charge in [-0.3, -0.25) is 4.79 Å². The topological polar surface area (TPSA) is 67.6 Å². The van der Waals surface area contributed by atoms with E-state index in [-0.39, 0.29) is 11.5 Å². The quantitative estimate of drug-likeness (QED) is 0.445. The number of sulfonamides is 1. The SMILES string of the molecule is [B]N(c1ccc2oc(CCCC)c(C(=O)c3ccc(F)cc3)c2c1)S(C)(=O)=O. The van der Waals surface area contributed by atoms with E-state index < -0.39 is 15.8 Å². The van der Waals surface area contributed by atoms with Gasteiger partial charge in [-0.15, -0.1) is 0 Å². The molecule has 0 N–H and O–H groups in total. The van der Waals surface area contributed by atoms with E-state index in [1.807, 2.05) is 6.92 Å². The van der Waals surface area contributed by atoms with E-state index >= 15 is 0 Å². The van der Waals surface area contributed by atoms with Gasteiger partial charge in [-0.1, -0.05) is 13.3 Å². The number of furan rings is 1. The highest BCUT2D eigenvalue weighted by molar-refractivity contribution is 7.93. The largest absolute Gasteiger partial charge is 0.460 e. The van der Waals surface area contributed by atoms with Gasteiger partial charge >= 0.3 is 0 Å². The number of halogens is 1. The Morgan fingerprint density at radius 2 is 1.86 bits per heavy atom. The third kappa shape index (κ3) is 3.97. The molecule has 0 aliphatic carbocycles. The van der Waals surface area contributed by atoms with E-state index in [9.17, 15) is 17.6 Å². The van der Waals surface area contributed by atoms with Crippen molar-refractivity contribution in [3.05, 3.63) is 65.2 Å². The second kappa shape index (κ2) is 7.79. The fourth-order valence-corrected chi connectivity index (χ4v) is 3.47. The Balaban J connectivity index is 2.18. The molecule has 0 saturated heterocycles. The first-order valence-electron chi connectivity index (χ1n) is 8.83. The number of fused-ring (bicyclic) bond motifs is 1. The first-order chi connectivity index (χ1) is 13.2. The summed E-state index contributed by atoms with van der Waals surface area (Å²) in [6.07, 6.45) is 3.28. The highest BCUT2D eigenvalue weighted by atomic mass is 32.2. The molecule has 5 nitrogen and oxygen atoms in total. The van der Waals surface area contributed by atoms with Crippen molar-refractivity contribution < 1.29 is 22.0 Å². The zero-order valence-corrected chi connectivity index (χ0v) is 16.4. The van der Waals surface area contributed by atoms with Gasteiger partial charge in [-0.25, -0.2) is 12.8 Å². The van der Waals surface area contributed by atoms with Crippen LogP contribution in [-0.2, 0) is 16.4 Å². The van der Waals surface area contributed by atoms with Crippen molar-refractivity contribution in [3.8, 4) is 0 Å². The van der Waals surface area contributed by atoms with Crippen LogP contribution in [0.3, 0.4) is 0 Å². The molecule has 0 aliphatic rings. The lowest BCUT2D eigenvalue weighted by Gasteiger charge is -2.17. The molecule has 0 spiro atoms. The van der Waals surface area contributed by atoms with Gasteiger partial charge in [0.2, 0.25) is 10.0 Å². The molecule has 0 saturated carbocycles. The number of nitrogens with zero attached hydrogens (tertiary/aromatic N) is 1. The van der Waals surface area contributed by atoms with Gasteiger partial charge in [0.05, 0.1) is 11.8 Å². The first-order valence-corrected chi connectivity index (χ1v) is 10.7. The number of aryl methyl sites for hydroxylation is 1. The number of rotatable bonds is 7. The van der Waals surface area contributed by atoms with Gasteiger partial charge in [-0.05, 0) is 48.9 Å². The molecule has 2 radical (unpaired) electrons. The van der Waals surface area contributed by atoms with Crippen LogP contribution in [0.15, 0.2) is 46.9 Å². The summed E-state index contributed by atoms with van der Waals surface area (Å²) >= 11 is 0. The zero-order valence-electron chi connectivity index (χ0n) is 15.6. The minimum Gasteiger partial charge on any atom is -0.460 e. The molecule has 1 heterocycles. The standard InChI is InChI=1S/C20H19BFNO4S/c1-3-4-5-18-19(20(24)13-6-8-14(22)9-7-13)16-12-15(10-11-17(16)27-18)23(21)28(2,25)26/h6-12H,3-5H2,1-2H3. The van der Waals surface area contributed by atoms with Crippen LogP contribution in [0.1, 0.15) is 41.4 Å². The number of ketones is 1. The summed E-state index contributed by atoms with van der Waals surface area (Å²) in [5.74, 6) is -0.231. The van der Waals surface area contributed by atoms with Crippen molar-refractivity contribution in [2.24, 2.45) is 0 Å². The van der Waals surface area contributed by atoms with Crippen LogP contribution in [-0.4, -0.2) is 28.4 Å². The van der Waals surface area contributed by atoms with Crippen LogP contribution in [0.4, 0.5) is 10.1 Å². The molecule has 3 rings (SSSR count). The van der Waals surface area contributed by atoms with Crippen molar-refractivity contribution >= 4 is 40.4 Å². The summed E-state index contributed by atoms with van der Waals surface area (Å²) < 4.78 is 43.3. The molecule has 0 amide bonds. The Labute approximate surface area is 164 Å². The summed E-state index contributed by atoms with van der Waals surface area (Å²) in [5, 5.41) is 0.469. The van der Waals surface area contributed by atoms with E-state index in [1.165, 1.54) is 36.4 Å². The van der Waals surface area contributed by atoms with Crippen molar-refractivity contribution in [1.29, 1.82) is 0 Å². The zero-order chi connectivity index (χ0) is 20.5. The minimum atomic E-state index is -3.67. The summed E-state index contributed by atoms with van der Waals surface area (Å²) in [6.45, 7) is 2.03. The smallest absolute Gasteiger partial charge is 0.251 e. The fraction of sp³-hybridized carbons (Fsp3) is 0.250. The van der Waals surface area contributed by atoms with Gasteiger partial charge in [0.1, 0.15) is 17.2 Å². The van der Waals surface area contributed by atoms with Gasteiger partial charge in [0, 0.05) is 23.1 Å².